The molecule has 0 bridgehead atoms. The lowest BCUT2D eigenvalue weighted by atomic mass is 10.3. The van der Waals surface area contributed by atoms with Gasteiger partial charge in [0.1, 0.15) is 12.0 Å². The zero-order valence-corrected chi connectivity index (χ0v) is 7.80. The van der Waals surface area contributed by atoms with Crippen LogP contribution in [-0.4, -0.2) is 10.8 Å². The summed E-state index contributed by atoms with van der Waals surface area (Å²) in [7, 11) is 0. The van der Waals surface area contributed by atoms with Crippen molar-refractivity contribution in [2.75, 3.05) is 0 Å². The number of carbonyl (C=O) groups is 1. The molecule has 0 aliphatic heterocycles. The van der Waals surface area contributed by atoms with Crippen LogP contribution in [0.4, 0.5) is 0 Å². The molecule has 0 fully saturated rings. The summed E-state index contributed by atoms with van der Waals surface area (Å²) >= 11 is 1.53. The quantitative estimate of drug-likeness (QED) is 0.688. The van der Waals surface area contributed by atoms with Crippen molar-refractivity contribution < 1.29 is 9.21 Å². The molecule has 13 heavy (non-hydrogen) atoms. The SMILES string of the molecule is CC(=O)c1coc(-c2cccs2)n1. The molecular weight excluding hydrogens is 186 g/mol. The summed E-state index contributed by atoms with van der Waals surface area (Å²) in [5.74, 6) is 0.437. The molecule has 0 amide bonds. The fourth-order valence-corrected chi connectivity index (χ4v) is 1.60. The second-order valence-electron chi connectivity index (χ2n) is 2.57. The predicted molar refractivity (Wildman–Crippen MR) is 49.8 cm³/mol. The van der Waals surface area contributed by atoms with Gasteiger partial charge in [0.05, 0.1) is 4.88 Å². The van der Waals surface area contributed by atoms with Crippen LogP contribution >= 0.6 is 11.3 Å². The highest BCUT2D eigenvalue weighted by atomic mass is 32.1. The van der Waals surface area contributed by atoms with Crippen molar-refractivity contribution in [1.82, 2.24) is 4.98 Å². The van der Waals surface area contributed by atoms with Gasteiger partial charge in [-0.25, -0.2) is 4.98 Å². The summed E-state index contributed by atoms with van der Waals surface area (Å²) in [5.41, 5.74) is 0.378. The first-order valence-electron chi connectivity index (χ1n) is 3.78. The highest BCUT2D eigenvalue weighted by molar-refractivity contribution is 7.13. The molecule has 0 spiro atoms. The molecule has 4 heteroatoms. The van der Waals surface area contributed by atoms with Crippen LogP contribution in [0.1, 0.15) is 17.4 Å². The van der Waals surface area contributed by atoms with E-state index in [2.05, 4.69) is 4.98 Å². The van der Waals surface area contributed by atoms with Crippen LogP contribution in [0, 0.1) is 0 Å². The second kappa shape index (κ2) is 3.14. The van der Waals surface area contributed by atoms with Crippen molar-refractivity contribution >= 4 is 17.1 Å². The number of aromatic nitrogens is 1. The van der Waals surface area contributed by atoms with E-state index in [1.54, 1.807) is 0 Å². The minimum atomic E-state index is -0.0773. The Morgan fingerprint density at radius 2 is 2.46 bits per heavy atom. The Morgan fingerprint density at radius 1 is 1.62 bits per heavy atom. The van der Waals surface area contributed by atoms with Crippen molar-refractivity contribution in [2.45, 2.75) is 6.92 Å². The van der Waals surface area contributed by atoms with Crippen molar-refractivity contribution in [3.05, 3.63) is 29.5 Å². The lowest BCUT2D eigenvalue weighted by Gasteiger charge is -1.84. The molecule has 2 rings (SSSR count). The van der Waals surface area contributed by atoms with Gasteiger partial charge in [-0.1, -0.05) is 6.07 Å². The number of hydrogen-bond donors (Lipinski definition) is 0. The van der Waals surface area contributed by atoms with Gasteiger partial charge in [0.25, 0.3) is 0 Å². The molecule has 0 atom stereocenters. The highest BCUT2D eigenvalue weighted by Crippen LogP contribution is 2.23. The number of oxazole rings is 1. The van der Waals surface area contributed by atoms with Gasteiger partial charge in [-0.3, -0.25) is 4.79 Å². The molecule has 0 aliphatic carbocycles. The topological polar surface area (TPSA) is 43.1 Å². The lowest BCUT2D eigenvalue weighted by molar-refractivity contribution is 0.101. The van der Waals surface area contributed by atoms with Crippen LogP contribution in [-0.2, 0) is 0 Å². The summed E-state index contributed by atoms with van der Waals surface area (Å²) < 4.78 is 5.15. The number of thiophene rings is 1. The van der Waals surface area contributed by atoms with Crippen molar-refractivity contribution in [1.29, 1.82) is 0 Å². The van der Waals surface area contributed by atoms with Crippen LogP contribution in [0.15, 0.2) is 28.2 Å². The van der Waals surface area contributed by atoms with Gasteiger partial charge in [0.15, 0.2) is 5.78 Å². The van der Waals surface area contributed by atoms with E-state index in [1.165, 1.54) is 24.5 Å². The van der Waals surface area contributed by atoms with Crippen LogP contribution in [0.3, 0.4) is 0 Å². The first kappa shape index (κ1) is 8.19. The third kappa shape index (κ3) is 1.53. The molecule has 0 aliphatic rings. The average Bonchev–Trinajstić information content (AvgIpc) is 2.75. The summed E-state index contributed by atoms with van der Waals surface area (Å²) in [6, 6.07) is 3.82. The second-order valence-corrected chi connectivity index (χ2v) is 3.52. The van der Waals surface area contributed by atoms with E-state index in [0.717, 1.165) is 4.88 Å². The van der Waals surface area contributed by atoms with Crippen LogP contribution < -0.4 is 0 Å². The Hall–Kier alpha value is -1.42. The summed E-state index contributed by atoms with van der Waals surface area (Å²) in [5, 5.41) is 1.94. The fraction of sp³-hybridized carbons (Fsp3) is 0.111. The normalized spacial score (nSPS) is 10.2. The largest absolute Gasteiger partial charge is 0.443 e. The van der Waals surface area contributed by atoms with E-state index in [4.69, 9.17) is 4.42 Å². The molecule has 66 valence electrons. The van der Waals surface area contributed by atoms with E-state index in [-0.39, 0.29) is 5.78 Å². The Kier molecular flexibility index (Phi) is 1.98. The number of Topliss-reactive ketones (excluding diaryl/α,β-unsaturated/α-hetero) is 1. The third-order valence-corrected chi connectivity index (χ3v) is 2.45. The van der Waals surface area contributed by atoms with E-state index in [0.29, 0.717) is 11.6 Å². The van der Waals surface area contributed by atoms with Gasteiger partial charge in [-0.05, 0) is 11.4 Å². The zero-order valence-electron chi connectivity index (χ0n) is 6.98. The van der Waals surface area contributed by atoms with Gasteiger partial charge in [-0.2, -0.15) is 0 Å². The third-order valence-electron chi connectivity index (χ3n) is 1.60. The average molecular weight is 193 g/mol. The first-order chi connectivity index (χ1) is 6.27. The maximum Gasteiger partial charge on any atom is 0.236 e. The van der Waals surface area contributed by atoms with E-state index >= 15 is 0 Å². The molecule has 0 N–H and O–H groups in total. The summed E-state index contributed by atoms with van der Waals surface area (Å²) in [6.45, 7) is 1.47. The van der Waals surface area contributed by atoms with Gasteiger partial charge < -0.3 is 4.42 Å². The minimum Gasteiger partial charge on any atom is -0.443 e. The monoisotopic (exact) mass is 193 g/mol. The zero-order chi connectivity index (χ0) is 9.26. The maximum atomic E-state index is 10.9. The molecule has 2 aromatic rings. The van der Waals surface area contributed by atoms with Crippen LogP contribution in [0.5, 0.6) is 0 Å². The molecule has 0 unspecified atom stereocenters. The lowest BCUT2D eigenvalue weighted by Crippen LogP contribution is -1.90. The standard InChI is InChI=1S/C9H7NO2S/c1-6(11)7-5-12-9(10-7)8-3-2-4-13-8/h2-5H,1H3. The first-order valence-corrected chi connectivity index (χ1v) is 4.65. The molecular formula is C9H7NO2S. The predicted octanol–water partition coefficient (Wildman–Crippen LogP) is 2.61. The van der Waals surface area contributed by atoms with Crippen LogP contribution in [0.2, 0.25) is 0 Å². The fourth-order valence-electron chi connectivity index (χ4n) is 0.949. The molecule has 0 aromatic carbocycles. The number of rotatable bonds is 2. The van der Waals surface area contributed by atoms with E-state index in [1.807, 2.05) is 17.5 Å². The number of hydrogen-bond acceptors (Lipinski definition) is 4. The Morgan fingerprint density at radius 3 is 3.00 bits per heavy atom. The van der Waals surface area contributed by atoms with Gasteiger partial charge >= 0.3 is 0 Å². The number of carbonyl (C=O) groups excluding carboxylic acids is 1. The summed E-state index contributed by atoms with van der Waals surface area (Å²) in [6.07, 6.45) is 1.39. The molecule has 3 nitrogen and oxygen atoms in total. The smallest absolute Gasteiger partial charge is 0.236 e. The van der Waals surface area contributed by atoms with Crippen molar-refractivity contribution in [3.8, 4) is 10.8 Å². The van der Waals surface area contributed by atoms with Gasteiger partial charge in [-0.15, -0.1) is 11.3 Å². The molecule has 0 radical (unpaired) electrons. The van der Waals surface area contributed by atoms with Crippen molar-refractivity contribution in [2.24, 2.45) is 0 Å². The van der Waals surface area contributed by atoms with E-state index < -0.39 is 0 Å². The molecule has 0 saturated carbocycles. The Bertz CT molecular complexity index is 417. The van der Waals surface area contributed by atoms with Crippen molar-refractivity contribution in [3.63, 3.8) is 0 Å². The molecule has 0 saturated heterocycles. The molecule has 2 aromatic heterocycles. The van der Waals surface area contributed by atoms with Crippen LogP contribution in [0.25, 0.3) is 10.8 Å². The number of ketones is 1. The molecule has 2 heterocycles. The Labute approximate surface area is 79.0 Å². The number of nitrogens with zero attached hydrogens (tertiary/aromatic N) is 1. The maximum absolute atomic E-state index is 10.9. The van der Waals surface area contributed by atoms with Gasteiger partial charge in [0, 0.05) is 6.92 Å². The van der Waals surface area contributed by atoms with Gasteiger partial charge in [0.2, 0.25) is 5.89 Å². The Balaban J connectivity index is 2.39. The minimum absolute atomic E-state index is 0.0773. The highest BCUT2D eigenvalue weighted by Gasteiger charge is 2.09. The summed E-state index contributed by atoms with van der Waals surface area (Å²) in [4.78, 5) is 15.9. The van der Waals surface area contributed by atoms with E-state index in [9.17, 15) is 4.79 Å².